The molecule has 0 amide bonds. The molecule has 0 saturated carbocycles. The highest BCUT2D eigenvalue weighted by atomic mass is 16.5. The summed E-state index contributed by atoms with van der Waals surface area (Å²) in [5.41, 5.74) is 13.3. The van der Waals surface area contributed by atoms with Crippen LogP contribution in [0.5, 0.6) is 11.5 Å². The summed E-state index contributed by atoms with van der Waals surface area (Å²) in [6.45, 7) is 34.6. The van der Waals surface area contributed by atoms with Crippen LogP contribution in [-0.2, 0) is 32.5 Å². The molecule has 0 bridgehead atoms. The summed E-state index contributed by atoms with van der Waals surface area (Å²) in [6.07, 6.45) is 6.05. The van der Waals surface area contributed by atoms with Gasteiger partial charge in [-0.15, -0.1) is 0 Å². The van der Waals surface area contributed by atoms with Gasteiger partial charge in [0.15, 0.2) is 0 Å². The standard InChI is InChI=1S/C71H76N4O/c1-66(2,3)51-38-39-72-62(43-51)75-60-37-26-25-36-58(60)63-59(68(7,8)9)45-57(46-61(63)75)76-56-42-53(67(4,5)6)41-55(44-56)74-47-73(54-35-27-34-52(40-54)69(10,11)48-28-19-16-20-29-48)64(70(12,13)49-30-21-17-22-31-49)65(74)71(14,15)50-32-23-18-24-33-50/h16-46H,1-15H3. The molecular weight excluding hydrogens is 925 g/mol. The van der Waals surface area contributed by atoms with Crippen LogP contribution in [0.15, 0.2) is 188 Å². The van der Waals surface area contributed by atoms with E-state index in [0.717, 1.165) is 56.7 Å². The lowest BCUT2D eigenvalue weighted by atomic mass is 9.73. The van der Waals surface area contributed by atoms with Crippen LogP contribution in [0.25, 0.3) is 39.0 Å². The van der Waals surface area contributed by atoms with E-state index in [0.29, 0.717) is 0 Å². The lowest BCUT2D eigenvalue weighted by Gasteiger charge is -2.35. The molecule has 3 heterocycles. The molecule has 0 radical (unpaired) electrons. The first-order valence-corrected chi connectivity index (χ1v) is 27.1. The van der Waals surface area contributed by atoms with Crippen molar-refractivity contribution in [3.05, 3.63) is 245 Å². The first-order valence-electron chi connectivity index (χ1n) is 27.1. The van der Waals surface area contributed by atoms with Crippen molar-refractivity contribution in [2.24, 2.45) is 0 Å². The van der Waals surface area contributed by atoms with Gasteiger partial charge in [0, 0.05) is 39.3 Å². The zero-order valence-electron chi connectivity index (χ0n) is 47.6. The zero-order chi connectivity index (χ0) is 54.2. The van der Waals surface area contributed by atoms with Gasteiger partial charge in [-0.25, -0.2) is 4.98 Å². The second kappa shape index (κ2) is 19.0. The average Bonchev–Trinajstić information content (AvgIpc) is 4.00. The molecule has 386 valence electrons. The minimum Gasteiger partial charge on any atom is -0.458 e. The number of rotatable bonds is 11. The lowest BCUT2D eigenvalue weighted by molar-refractivity contribution is -0.611. The summed E-state index contributed by atoms with van der Waals surface area (Å²) >= 11 is 0. The van der Waals surface area contributed by atoms with E-state index in [-0.39, 0.29) is 21.7 Å². The van der Waals surface area contributed by atoms with Crippen molar-refractivity contribution in [1.82, 2.24) is 14.1 Å². The van der Waals surface area contributed by atoms with Crippen LogP contribution < -0.4 is 9.30 Å². The zero-order valence-corrected chi connectivity index (χ0v) is 47.6. The van der Waals surface area contributed by atoms with Gasteiger partial charge in [0.05, 0.1) is 33.8 Å². The molecule has 0 fully saturated rings. The van der Waals surface area contributed by atoms with Gasteiger partial charge in [0.2, 0.25) is 0 Å². The number of fused-ring (bicyclic) bond motifs is 3. The van der Waals surface area contributed by atoms with E-state index in [2.05, 4.69) is 306 Å². The molecule has 0 N–H and O–H groups in total. The van der Waals surface area contributed by atoms with Crippen LogP contribution in [0.2, 0.25) is 0 Å². The van der Waals surface area contributed by atoms with Crippen molar-refractivity contribution in [1.29, 1.82) is 0 Å². The monoisotopic (exact) mass is 1000 g/mol. The fourth-order valence-electron chi connectivity index (χ4n) is 11.3. The van der Waals surface area contributed by atoms with Crippen molar-refractivity contribution in [2.45, 2.75) is 136 Å². The first-order chi connectivity index (χ1) is 35.8. The third-order valence-electron chi connectivity index (χ3n) is 16.0. The Labute approximate surface area is 452 Å². The quantitative estimate of drug-likeness (QED) is 0.0956. The maximum atomic E-state index is 7.38. The van der Waals surface area contributed by atoms with E-state index in [1.807, 2.05) is 6.20 Å². The Bertz CT molecular complexity index is 3740. The third kappa shape index (κ3) is 9.48. The Hall–Kier alpha value is -7.50. The fourth-order valence-corrected chi connectivity index (χ4v) is 11.3. The van der Waals surface area contributed by atoms with E-state index < -0.39 is 10.8 Å². The lowest BCUT2D eigenvalue weighted by Crippen LogP contribution is -2.43. The second-order valence-corrected chi connectivity index (χ2v) is 25.7. The van der Waals surface area contributed by atoms with E-state index in [1.165, 1.54) is 44.2 Å². The summed E-state index contributed by atoms with van der Waals surface area (Å²) in [5.74, 6) is 2.41. The summed E-state index contributed by atoms with van der Waals surface area (Å²) in [4.78, 5) is 5.05. The minimum atomic E-state index is -0.511. The van der Waals surface area contributed by atoms with E-state index >= 15 is 0 Å². The fraction of sp³-hybridized carbons (Fsp3) is 0.296. The molecular formula is C71H76N4O. The Kier molecular flexibility index (Phi) is 13.0. The molecule has 0 aliphatic heterocycles. The molecule has 0 aliphatic carbocycles. The van der Waals surface area contributed by atoms with Gasteiger partial charge in [0.1, 0.15) is 17.3 Å². The van der Waals surface area contributed by atoms with Crippen LogP contribution in [0, 0.1) is 6.33 Å². The van der Waals surface area contributed by atoms with Crippen LogP contribution in [0.3, 0.4) is 0 Å². The average molecular weight is 1000 g/mol. The van der Waals surface area contributed by atoms with Crippen LogP contribution in [-0.4, -0.2) is 14.1 Å². The van der Waals surface area contributed by atoms with E-state index in [4.69, 9.17) is 9.72 Å². The predicted molar refractivity (Wildman–Crippen MR) is 317 cm³/mol. The number of nitrogens with zero attached hydrogens (tertiary/aromatic N) is 4. The number of benzene rings is 7. The summed E-state index contributed by atoms with van der Waals surface area (Å²) in [5, 5.41) is 2.41. The minimum absolute atomic E-state index is 0.0505. The second-order valence-electron chi connectivity index (χ2n) is 25.7. The largest absolute Gasteiger partial charge is 0.458 e. The number of pyridine rings is 1. The Morgan fingerprint density at radius 2 is 0.987 bits per heavy atom. The van der Waals surface area contributed by atoms with Gasteiger partial charge >= 0.3 is 0 Å². The van der Waals surface area contributed by atoms with Gasteiger partial charge in [-0.05, 0) is 110 Å². The molecule has 0 aliphatic rings. The van der Waals surface area contributed by atoms with Gasteiger partial charge < -0.3 is 4.74 Å². The van der Waals surface area contributed by atoms with Crippen molar-refractivity contribution in [3.63, 3.8) is 0 Å². The molecule has 5 heteroatoms. The molecule has 3 aromatic heterocycles. The molecule has 0 spiro atoms. The van der Waals surface area contributed by atoms with Gasteiger partial charge in [-0.1, -0.05) is 225 Å². The molecule has 10 aromatic rings. The van der Waals surface area contributed by atoms with Gasteiger partial charge in [0.25, 0.3) is 6.33 Å². The summed E-state index contributed by atoms with van der Waals surface area (Å²) < 4.78 is 14.4. The van der Waals surface area contributed by atoms with Crippen LogP contribution in [0.1, 0.15) is 154 Å². The molecule has 5 nitrogen and oxygen atoms in total. The third-order valence-corrected chi connectivity index (χ3v) is 16.0. The maximum absolute atomic E-state index is 7.38. The highest BCUT2D eigenvalue weighted by molar-refractivity contribution is 6.11. The Morgan fingerprint density at radius 1 is 0.434 bits per heavy atom. The predicted octanol–water partition coefficient (Wildman–Crippen LogP) is 17.7. The van der Waals surface area contributed by atoms with Crippen LogP contribution >= 0.6 is 0 Å². The number of hydrogen-bond acceptors (Lipinski definition) is 2. The molecule has 7 aromatic carbocycles. The molecule has 76 heavy (non-hydrogen) atoms. The van der Waals surface area contributed by atoms with Crippen molar-refractivity contribution in [2.75, 3.05) is 0 Å². The molecule has 0 atom stereocenters. The van der Waals surface area contributed by atoms with Gasteiger partial charge in [-0.2, -0.15) is 0 Å². The number of aromatic nitrogens is 4. The summed E-state index contributed by atoms with van der Waals surface area (Å²) in [7, 11) is 0. The van der Waals surface area contributed by atoms with Crippen molar-refractivity contribution >= 4 is 21.8 Å². The molecule has 0 unspecified atom stereocenters. The number of para-hydroxylation sites is 1. The number of imidazole rings is 1. The van der Waals surface area contributed by atoms with Gasteiger partial charge in [-0.3, -0.25) is 13.7 Å². The maximum Gasteiger partial charge on any atom is 0.269 e. The Morgan fingerprint density at radius 3 is 1.59 bits per heavy atom. The van der Waals surface area contributed by atoms with E-state index in [1.54, 1.807) is 0 Å². The normalized spacial score (nSPS) is 12.9. The first kappa shape index (κ1) is 52.0. The Balaban J connectivity index is 1.24. The topological polar surface area (TPSA) is 35.9 Å². The number of hydrogen-bond donors (Lipinski definition) is 0. The van der Waals surface area contributed by atoms with Crippen LogP contribution in [0.4, 0.5) is 0 Å². The van der Waals surface area contributed by atoms with E-state index in [9.17, 15) is 0 Å². The van der Waals surface area contributed by atoms with Crippen molar-refractivity contribution in [3.8, 4) is 28.7 Å². The smallest absolute Gasteiger partial charge is 0.269 e. The summed E-state index contributed by atoms with van der Waals surface area (Å²) in [6, 6.07) is 66.3. The molecule has 0 saturated heterocycles. The SMILES string of the molecule is CC(C)(C)c1cc(Oc2cc(C(C)(C)C)c3c4ccccc4n(-c4cc(C(C)(C)C)ccn4)c3c2)cc(-n2[c-][n+](-c3cccc(C(C)(C)c4ccccc4)c3)c(C(C)(C)c3ccccc3)c2C(C)(C)c2ccccc2)c1. The highest BCUT2D eigenvalue weighted by Crippen LogP contribution is 2.46. The van der Waals surface area contributed by atoms with Crippen molar-refractivity contribution < 1.29 is 9.30 Å². The number of ether oxygens (including phenoxy) is 1. The highest BCUT2D eigenvalue weighted by Gasteiger charge is 2.40. The molecule has 10 rings (SSSR count).